The average Bonchev–Trinajstić information content (AvgIpc) is 3.01. The third-order valence-electron chi connectivity index (χ3n) is 3.53. The lowest BCUT2D eigenvalue weighted by Gasteiger charge is -2.24. The molecular weight excluding hydrogens is 338 g/mol. The molecule has 7 nitrogen and oxygen atoms in total. The fourth-order valence-electron chi connectivity index (χ4n) is 2.41. The summed E-state index contributed by atoms with van der Waals surface area (Å²) in [7, 11) is 0. The number of hydrogen-bond donors (Lipinski definition) is 2. The van der Waals surface area contributed by atoms with Gasteiger partial charge < -0.3 is 10.1 Å². The van der Waals surface area contributed by atoms with Crippen LogP contribution in [0.4, 0.5) is 10.6 Å². The van der Waals surface area contributed by atoms with Crippen LogP contribution in [0.25, 0.3) is 0 Å². The van der Waals surface area contributed by atoms with Gasteiger partial charge in [0.2, 0.25) is 5.28 Å². The minimum atomic E-state index is -0.565. The molecule has 0 bridgehead atoms. The lowest BCUT2D eigenvalue weighted by atomic mass is 10.2. The summed E-state index contributed by atoms with van der Waals surface area (Å²) < 4.78 is 5.28. The second kappa shape index (κ2) is 5.99. The van der Waals surface area contributed by atoms with Crippen molar-refractivity contribution in [2.75, 3.05) is 11.1 Å². The average molecular weight is 358 g/mol. The summed E-state index contributed by atoms with van der Waals surface area (Å²) in [5, 5.41) is 4.71. The summed E-state index contributed by atoms with van der Waals surface area (Å²) in [4.78, 5) is 21.5. The molecule has 1 aromatic rings. The van der Waals surface area contributed by atoms with E-state index >= 15 is 0 Å². The summed E-state index contributed by atoms with van der Waals surface area (Å²) in [5.41, 5.74) is 0.413. The quantitative estimate of drug-likeness (QED) is 0.371. The first-order valence-corrected chi connectivity index (χ1v) is 8.83. The summed E-state index contributed by atoms with van der Waals surface area (Å²) in [6, 6.07) is -0.0653. The van der Waals surface area contributed by atoms with Gasteiger partial charge in [0.25, 0.3) is 0 Å². The Morgan fingerprint density at radius 3 is 2.91 bits per heavy atom. The van der Waals surface area contributed by atoms with E-state index in [1.165, 1.54) is 0 Å². The van der Waals surface area contributed by atoms with Crippen LogP contribution in [0.15, 0.2) is 4.90 Å². The van der Waals surface area contributed by atoms with Crippen LogP contribution in [0.3, 0.4) is 0 Å². The van der Waals surface area contributed by atoms with Crippen molar-refractivity contribution in [3.05, 3.63) is 11.0 Å². The van der Waals surface area contributed by atoms with E-state index < -0.39 is 11.7 Å². The fraction of sp³-hybridized carbons (Fsp3) is 0.643. The van der Waals surface area contributed by atoms with Gasteiger partial charge in [0.1, 0.15) is 11.4 Å². The number of nitrogens with zero attached hydrogens (tertiary/aromatic N) is 3. The van der Waals surface area contributed by atoms with Crippen molar-refractivity contribution >= 4 is 35.3 Å². The molecule has 1 aliphatic heterocycles. The predicted molar refractivity (Wildman–Crippen MR) is 89.5 cm³/mol. The molecule has 2 aliphatic rings. The van der Waals surface area contributed by atoms with Gasteiger partial charge in [0, 0.05) is 12.2 Å². The number of fused-ring (bicyclic) bond motifs is 1. The molecule has 0 radical (unpaired) electrons. The number of carbonyl (C=O) groups is 1. The maximum absolute atomic E-state index is 12.0. The minimum Gasteiger partial charge on any atom is -0.443 e. The van der Waals surface area contributed by atoms with Crippen molar-refractivity contribution in [3.8, 4) is 0 Å². The van der Waals surface area contributed by atoms with Crippen molar-refractivity contribution in [2.24, 2.45) is 5.84 Å². The zero-order chi connectivity index (χ0) is 16.8. The van der Waals surface area contributed by atoms with Gasteiger partial charge in [-0.05, 0) is 38.8 Å². The first-order valence-electron chi connectivity index (χ1n) is 7.47. The van der Waals surface area contributed by atoms with Crippen molar-refractivity contribution in [2.45, 2.75) is 56.2 Å². The number of carbonyl (C=O) groups excluding carboxylic acids is 1. The number of thioether (sulfide) groups is 1. The highest BCUT2D eigenvalue weighted by atomic mass is 35.5. The number of aryl methyl sites for hydroxylation is 1. The van der Waals surface area contributed by atoms with Crippen LogP contribution >= 0.6 is 23.4 Å². The molecule has 126 valence electrons. The number of ether oxygens (including phenoxy) is 1. The van der Waals surface area contributed by atoms with E-state index in [9.17, 15) is 4.79 Å². The second-order valence-corrected chi connectivity index (χ2v) is 8.10. The summed E-state index contributed by atoms with van der Waals surface area (Å²) in [5.74, 6) is 7.58. The highest BCUT2D eigenvalue weighted by Crippen LogP contribution is 2.39. The van der Waals surface area contributed by atoms with E-state index in [0.717, 1.165) is 40.0 Å². The number of amides is 1. The van der Waals surface area contributed by atoms with Crippen molar-refractivity contribution in [3.63, 3.8) is 0 Å². The monoisotopic (exact) mass is 357 g/mol. The first-order chi connectivity index (χ1) is 10.7. The van der Waals surface area contributed by atoms with Gasteiger partial charge in [0.05, 0.1) is 22.7 Å². The molecule has 9 heteroatoms. The SMILES string of the molecule is CC(C)(C)OC(=O)N(N)[C@@H]1C[C@@H]1Nc1nc(Cl)nc2c1SCC2. The molecule has 1 amide bonds. The molecule has 0 aromatic carbocycles. The molecule has 1 aliphatic carbocycles. The Balaban J connectivity index is 1.63. The molecule has 1 aromatic heterocycles. The number of nitrogens with two attached hydrogens (primary N) is 1. The van der Waals surface area contributed by atoms with E-state index in [1.807, 2.05) is 20.8 Å². The minimum absolute atomic E-state index is 0.0452. The first kappa shape index (κ1) is 16.6. The highest BCUT2D eigenvalue weighted by Gasteiger charge is 2.45. The van der Waals surface area contributed by atoms with E-state index in [0.29, 0.717) is 0 Å². The molecule has 1 fully saturated rings. The van der Waals surface area contributed by atoms with E-state index in [2.05, 4.69) is 15.3 Å². The molecule has 1 saturated carbocycles. The number of rotatable bonds is 3. The molecule has 0 unspecified atom stereocenters. The van der Waals surface area contributed by atoms with Crippen LogP contribution in [-0.2, 0) is 11.2 Å². The predicted octanol–water partition coefficient (Wildman–Crippen LogP) is 2.44. The summed E-state index contributed by atoms with van der Waals surface area (Å²) in [6.45, 7) is 5.43. The maximum atomic E-state index is 12.0. The maximum Gasteiger partial charge on any atom is 0.424 e. The van der Waals surface area contributed by atoms with Crippen LogP contribution in [0.1, 0.15) is 32.9 Å². The van der Waals surface area contributed by atoms with E-state index in [-0.39, 0.29) is 17.4 Å². The highest BCUT2D eigenvalue weighted by molar-refractivity contribution is 7.99. The number of aromatic nitrogens is 2. The number of halogens is 1. The van der Waals surface area contributed by atoms with Crippen LogP contribution in [0.5, 0.6) is 0 Å². The van der Waals surface area contributed by atoms with E-state index in [1.54, 1.807) is 11.8 Å². The fourth-order valence-corrected chi connectivity index (χ4v) is 3.65. The standard InChI is InChI=1S/C14H20ClN5O2S/c1-14(2,3)22-13(21)20(16)9-6-8(9)17-11-10-7(4-5-23-10)18-12(15)19-11/h8-9H,4-6,16H2,1-3H3,(H,17,18,19)/t8-,9+/m0/s1. The lowest BCUT2D eigenvalue weighted by Crippen LogP contribution is -2.44. The Morgan fingerprint density at radius 2 is 2.22 bits per heavy atom. The Labute approximate surface area is 144 Å². The molecule has 3 N–H and O–H groups in total. The summed E-state index contributed by atoms with van der Waals surface area (Å²) in [6.07, 6.45) is 1.12. The molecule has 0 spiro atoms. The Hall–Kier alpha value is -1.25. The Bertz CT molecular complexity index is 636. The number of nitrogens with one attached hydrogen (secondary N) is 1. The zero-order valence-corrected chi connectivity index (χ0v) is 14.9. The molecule has 0 saturated heterocycles. The summed E-state index contributed by atoms with van der Waals surface area (Å²) >= 11 is 7.69. The Morgan fingerprint density at radius 1 is 1.48 bits per heavy atom. The third-order valence-corrected chi connectivity index (χ3v) is 4.83. The van der Waals surface area contributed by atoms with Gasteiger partial charge in [-0.3, -0.25) is 0 Å². The van der Waals surface area contributed by atoms with Gasteiger partial charge in [-0.25, -0.2) is 20.6 Å². The van der Waals surface area contributed by atoms with Crippen molar-refractivity contribution < 1.29 is 9.53 Å². The molecule has 23 heavy (non-hydrogen) atoms. The van der Waals surface area contributed by atoms with Gasteiger partial charge in [0.15, 0.2) is 0 Å². The molecular formula is C14H20ClN5O2S. The van der Waals surface area contributed by atoms with Crippen molar-refractivity contribution in [1.29, 1.82) is 0 Å². The van der Waals surface area contributed by atoms with Crippen LogP contribution in [-0.4, -0.2) is 44.5 Å². The topological polar surface area (TPSA) is 93.4 Å². The van der Waals surface area contributed by atoms with Gasteiger partial charge in [-0.2, -0.15) is 4.98 Å². The van der Waals surface area contributed by atoms with Crippen molar-refractivity contribution in [1.82, 2.24) is 15.0 Å². The Kier molecular flexibility index (Phi) is 4.33. The largest absolute Gasteiger partial charge is 0.443 e. The molecule has 2 atom stereocenters. The normalized spacial score (nSPS) is 22.5. The third kappa shape index (κ3) is 3.81. The van der Waals surface area contributed by atoms with E-state index in [4.69, 9.17) is 22.2 Å². The van der Waals surface area contributed by atoms with Crippen LogP contribution in [0.2, 0.25) is 5.28 Å². The molecule has 2 heterocycles. The number of hydrogen-bond acceptors (Lipinski definition) is 7. The lowest BCUT2D eigenvalue weighted by molar-refractivity contribution is 0.0229. The van der Waals surface area contributed by atoms with Gasteiger partial charge in [-0.15, -0.1) is 11.8 Å². The molecule has 3 rings (SSSR count). The second-order valence-electron chi connectivity index (χ2n) is 6.66. The zero-order valence-electron chi connectivity index (χ0n) is 13.3. The number of anilines is 1. The van der Waals surface area contributed by atoms with Gasteiger partial charge in [-0.1, -0.05) is 0 Å². The van der Waals surface area contributed by atoms with Crippen LogP contribution in [0, 0.1) is 0 Å². The van der Waals surface area contributed by atoms with Crippen LogP contribution < -0.4 is 11.2 Å². The van der Waals surface area contributed by atoms with Gasteiger partial charge >= 0.3 is 6.09 Å². The smallest absolute Gasteiger partial charge is 0.424 e. The number of hydrazine groups is 1.